The molecule has 12 nitrogen and oxygen atoms in total. The van der Waals surface area contributed by atoms with Crippen LogP contribution in [-0.2, 0) is 0 Å². The molecule has 6 rings (SSSR count). The maximum atomic E-state index is 6.23. The molecular formula is C72H81IN6O6Si. The van der Waals surface area contributed by atoms with Crippen LogP contribution in [0, 0.1) is 74.4 Å². The fourth-order valence-electron chi connectivity index (χ4n) is 7.26. The molecule has 0 saturated heterocycles. The van der Waals surface area contributed by atoms with Crippen molar-refractivity contribution in [3.8, 4) is 105 Å². The highest BCUT2D eigenvalue weighted by molar-refractivity contribution is 14.1. The number of hydrogen-bond donors (Lipinski definition) is 0. The standard InChI is InChI=1S/C72H81IN6O6Si/c1-12-18-35-80-65-42-54(74-56(44-65)26-27-58-46-67(82-37-20-14-3)48-60(76-58)30-31-62-50-69(84-39-22-16-5)52-64(78-62)34-41-86(10,11)72(7,8)9)24-25-55-43-66(81-36-19-13-2)45-57(75-55)28-29-59-47-68(83-38-21-15-4)49-61(77-59)32-33-63-51-70(53-71(73)79-63)85-40-23-17-6/h42-53H,12-23,35-40H2,1-11H3. The largest absolute Gasteiger partial charge is 0.493 e. The van der Waals surface area contributed by atoms with Gasteiger partial charge in [-0.15, -0.1) is 5.54 Å². The maximum absolute atomic E-state index is 6.23. The minimum absolute atomic E-state index is 0.0988. The van der Waals surface area contributed by atoms with Crippen molar-refractivity contribution in [1.82, 2.24) is 29.9 Å². The van der Waals surface area contributed by atoms with Gasteiger partial charge in [-0.05, 0) is 125 Å². The first kappa shape index (κ1) is 67.1. The quantitative estimate of drug-likeness (QED) is 0.0188. The Balaban J connectivity index is 1.36. The number of aromatic nitrogens is 6. The van der Waals surface area contributed by atoms with Gasteiger partial charge in [-0.2, -0.15) is 0 Å². The molecule has 0 fully saturated rings. The van der Waals surface area contributed by atoms with Gasteiger partial charge >= 0.3 is 0 Å². The number of ether oxygens (including phenoxy) is 6. The minimum atomic E-state index is -1.91. The molecule has 0 atom stereocenters. The molecule has 0 aliphatic carbocycles. The van der Waals surface area contributed by atoms with Gasteiger partial charge in [-0.3, -0.25) is 0 Å². The molecule has 6 heterocycles. The molecule has 0 saturated carbocycles. The highest BCUT2D eigenvalue weighted by Gasteiger charge is 2.33. The second-order valence-electron chi connectivity index (χ2n) is 22.0. The van der Waals surface area contributed by atoms with Crippen LogP contribution in [-0.4, -0.2) is 77.6 Å². The molecule has 0 aliphatic rings. The maximum Gasteiger partial charge on any atom is 0.138 e. The molecule has 0 N–H and O–H groups in total. The third-order valence-electron chi connectivity index (χ3n) is 13.3. The van der Waals surface area contributed by atoms with Crippen LogP contribution in [0.4, 0.5) is 0 Å². The SMILES string of the molecule is CCCCOc1cc(I)nc(C#Cc2cc(OCCCC)cc(C#Cc3cc(OCCCC)cc(C#Cc4cc(OCCCC)cc(C#Cc5cc(OCCCC)cc(C#Cc6cc(OCCCC)cc(C#C[Si](C)(C)C(C)(C)C)n6)n5)n4)n3)n2)c1. The Labute approximate surface area is 527 Å². The van der Waals surface area contributed by atoms with Crippen molar-refractivity contribution in [1.29, 1.82) is 0 Å². The molecule has 0 amide bonds. The fraction of sp³-hybridized carbons (Fsp3) is 0.417. The Kier molecular flexibility index (Phi) is 27.7. The molecule has 0 spiro atoms. The van der Waals surface area contributed by atoms with E-state index in [2.05, 4.69) is 174 Å². The van der Waals surface area contributed by atoms with Crippen molar-refractivity contribution < 1.29 is 28.4 Å². The predicted molar refractivity (Wildman–Crippen MR) is 355 cm³/mol. The molecule has 0 aliphatic heterocycles. The summed E-state index contributed by atoms with van der Waals surface area (Å²) < 4.78 is 37.7. The topological polar surface area (TPSA) is 133 Å². The predicted octanol–water partition coefficient (Wildman–Crippen LogP) is 15.1. The Morgan fingerprint density at radius 1 is 0.314 bits per heavy atom. The second-order valence-corrected chi connectivity index (χ2v) is 28.1. The van der Waals surface area contributed by atoms with E-state index in [0.717, 1.165) is 86.5 Å². The van der Waals surface area contributed by atoms with Gasteiger partial charge in [0.25, 0.3) is 0 Å². The van der Waals surface area contributed by atoms with Crippen LogP contribution < -0.4 is 28.4 Å². The summed E-state index contributed by atoms with van der Waals surface area (Å²) in [7, 11) is -1.91. The Hall–Kier alpha value is -7.99. The molecule has 446 valence electrons. The summed E-state index contributed by atoms with van der Waals surface area (Å²) in [4.78, 5) is 28.8. The zero-order chi connectivity index (χ0) is 61.6. The fourth-order valence-corrected chi connectivity index (χ4v) is 8.64. The summed E-state index contributed by atoms with van der Waals surface area (Å²) in [6, 6.07) is 22.0. The van der Waals surface area contributed by atoms with Crippen LogP contribution in [0.25, 0.3) is 0 Å². The number of pyridine rings is 6. The van der Waals surface area contributed by atoms with Crippen LogP contribution in [0.15, 0.2) is 72.8 Å². The lowest BCUT2D eigenvalue weighted by Gasteiger charge is -2.31. The van der Waals surface area contributed by atoms with Crippen molar-refractivity contribution in [2.45, 2.75) is 157 Å². The van der Waals surface area contributed by atoms with E-state index in [1.54, 1.807) is 0 Å². The van der Waals surface area contributed by atoms with Crippen molar-refractivity contribution in [3.63, 3.8) is 0 Å². The normalized spacial score (nSPS) is 10.6. The number of nitrogens with zero attached hydrogens (tertiary/aromatic N) is 6. The van der Waals surface area contributed by atoms with Gasteiger partial charge in [0.05, 0.1) is 39.6 Å². The first-order chi connectivity index (χ1) is 41.6. The number of unbranched alkanes of at least 4 members (excludes halogenated alkanes) is 6. The Morgan fingerprint density at radius 2 is 0.500 bits per heavy atom. The molecular weight excluding hydrogens is 1200 g/mol. The first-order valence-corrected chi connectivity index (χ1v) is 34.3. The highest BCUT2D eigenvalue weighted by Crippen LogP contribution is 2.35. The van der Waals surface area contributed by atoms with Crippen LogP contribution >= 0.6 is 22.6 Å². The lowest BCUT2D eigenvalue weighted by atomic mass is 10.2. The Morgan fingerprint density at radius 3 is 0.698 bits per heavy atom. The Bertz CT molecular complexity index is 3640. The summed E-state index contributed by atoms with van der Waals surface area (Å²) in [5.41, 5.74) is 8.95. The van der Waals surface area contributed by atoms with Crippen LogP contribution in [0.5, 0.6) is 34.5 Å². The third-order valence-corrected chi connectivity index (χ3v) is 18.4. The third kappa shape index (κ3) is 23.8. The van der Waals surface area contributed by atoms with E-state index in [-0.39, 0.29) is 5.04 Å². The average molecular weight is 1280 g/mol. The molecule has 0 radical (unpaired) electrons. The zero-order valence-electron chi connectivity index (χ0n) is 52.2. The lowest BCUT2D eigenvalue weighted by molar-refractivity contribution is 0.308. The van der Waals surface area contributed by atoms with E-state index in [9.17, 15) is 0 Å². The van der Waals surface area contributed by atoms with Gasteiger partial charge in [0, 0.05) is 72.8 Å². The van der Waals surface area contributed by atoms with E-state index in [1.165, 1.54) is 0 Å². The minimum Gasteiger partial charge on any atom is -0.493 e. The van der Waals surface area contributed by atoms with E-state index in [4.69, 9.17) is 53.3 Å². The van der Waals surface area contributed by atoms with Gasteiger partial charge in [0.15, 0.2) is 0 Å². The summed E-state index contributed by atoms with van der Waals surface area (Å²) >= 11 is 2.18. The lowest BCUT2D eigenvalue weighted by Crippen LogP contribution is -2.35. The average Bonchev–Trinajstić information content (AvgIpc) is 3.27. The van der Waals surface area contributed by atoms with E-state index in [0.29, 0.717) is 131 Å². The van der Waals surface area contributed by atoms with Gasteiger partial charge in [-0.25, -0.2) is 29.9 Å². The molecule has 6 aromatic heterocycles. The molecule has 0 unspecified atom stereocenters. The van der Waals surface area contributed by atoms with Crippen molar-refractivity contribution >= 4 is 30.7 Å². The zero-order valence-corrected chi connectivity index (χ0v) is 55.3. The number of hydrogen-bond acceptors (Lipinski definition) is 12. The van der Waals surface area contributed by atoms with E-state index < -0.39 is 8.07 Å². The summed E-state index contributed by atoms with van der Waals surface area (Å²) in [5, 5.41) is 0.0988. The molecule has 14 heteroatoms. The van der Waals surface area contributed by atoms with E-state index in [1.807, 2.05) is 72.8 Å². The monoisotopic (exact) mass is 1280 g/mol. The van der Waals surface area contributed by atoms with Crippen molar-refractivity contribution in [3.05, 3.63) is 139 Å². The van der Waals surface area contributed by atoms with Gasteiger partial charge in [0.1, 0.15) is 109 Å². The molecule has 0 aromatic carbocycles. The van der Waals surface area contributed by atoms with Gasteiger partial charge < -0.3 is 28.4 Å². The molecule has 6 aromatic rings. The summed E-state index contributed by atoms with van der Waals surface area (Å²) in [6.07, 6.45) is 11.4. The summed E-state index contributed by atoms with van der Waals surface area (Å²) in [6.45, 7) is 27.4. The van der Waals surface area contributed by atoms with Gasteiger partial charge in [-0.1, -0.05) is 120 Å². The summed E-state index contributed by atoms with van der Waals surface area (Å²) in [5.74, 6) is 39.4. The highest BCUT2D eigenvalue weighted by atomic mass is 127. The van der Waals surface area contributed by atoms with Crippen molar-refractivity contribution in [2.75, 3.05) is 39.6 Å². The second kappa shape index (κ2) is 35.5. The van der Waals surface area contributed by atoms with Gasteiger partial charge in [0.2, 0.25) is 0 Å². The molecule has 0 bridgehead atoms. The van der Waals surface area contributed by atoms with E-state index >= 15 is 0 Å². The van der Waals surface area contributed by atoms with Crippen LogP contribution in [0.1, 0.15) is 202 Å². The van der Waals surface area contributed by atoms with Crippen LogP contribution in [0.3, 0.4) is 0 Å². The smallest absolute Gasteiger partial charge is 0.138 e. The van der Waals surface area contributed by atoms with Crippen LogP contribution in [0.2, 0.25) is 18.1 Å². The first-order valence-electron chi connectivity index (χ1n) is 30.2. The number of halogens is 1. The number of rotatable bonds is 24. The molecule has 86 heavy (non-hydrogen) atoms. The van der Waals surface area contributed by atoms with Crippen molar-refractivity contribution in [2.24, 2.45) is 0 Å².